The number of imidazole rings is 1. The number of likely N-dealkylation sites (tertiary alicyclic amines) is 1. The summed E-state index contributed by atoms with van der Waals surface area (Å²) >= 11 is 0. The number of aryl methyl sites for hydroxylation is 1. The van der Waals surface area contributed by atoms with Crippen molar-refractivity contribution in [3.8, 4) is 22.6 Å². The van der Waals surface area contributed by atoms with Crippen LogP contribution >= 0.6 is 0 Å². The van der Waals surface area contributed by atoms with Gasteiger partial charge in [0, 0.05) is 42.9 Å². The molecule has 1 atom stereocenters. The molecule has 0 spiro atoms. The Kier molecular flexibility index (Phi) is 7.94. The molecule has 0 bridgehead atoms. The van der Waals surface area contributed by atoms with Crippen molar-refractivity contribution in [3.63, 3.8) is 0 Å². The van der Waals surface area contributed by atoms with Gasteiger partial charge in [0.2, 0.25) is 0 Å². The minimum Gasteiger partial charge on any atom is -0.435 e. The third-order valence-electron chi connectivity index (χ3n) is 6.58. The normalized spacial score (nSPS) is 15.9. The standard InChI is InChI=1S/C29H30F2N6O2/c1-19-15-37(18-34-19)25-11-20(16-36-9-3-5-23(32)17-36)10-24(14-25)35-28(38)27-13-22(7-8-33-27)21-4-2-6-26(12-21)39-29(30)31/h2,4,6-8,10-15,18,23,29H,3,5,9,16-17,32H2,1H3,(H,35,38). The summed E-state index contributed by atoms with van der Waals surface area (Å²) < 4.78 is 31.7. The molecule has 4 aromatic rings. The number of anilines is 1. The molecule has 1 amide bonds. The highest BCUT2D eigenvalue weighted by Crippen LogP contribution is 2.26. The molecule has 202 valence electrons. The SMILES string of the molecule is Cc1cn(-c2cc(CN3CCCC(N)C3)cc(NC(=O)c3cc(-c4cccc(OC(F)F)c4)ccn3)c2)cn1. The van der Waals surface area contributed by atoms with E-state index in [1.165, 1.54) is 18.3 Å². The van der Waals surface area contributed by atoms with Gasteiger partial charge in [-0.25, -0.2) is 4.98 Å². The number of pyridine rings is 1. The van der Waals surface area contributed by atoms with Crippen LogP contribution in [-0.4, -0.2) is 51.1 Å². The molecule has 1 unspecified atom stereocenters. The number of halogens is 2. The summed E-state index contributed by atoms with van der Waals surface area (Å²) in [5.41, 5.74) is 11.1. The van der Waals surface area contributed by atoms with Crippen LogP contribution in [0.5, 0.6) is 5.75 Å². The van der Waals surface area contributed by atoms with E-state index in [4.69, 9.17) is 5.73 Å². The summed E-state index contributed by atoms with van der Waals surface area (Å²) in [5, 5.41) is 2.98. The Morgan fingerprint density at radius 1 is 1.15 bits per heavy atom. The number of piperidine rings is 1. The average molecular weight is 533 g/mol. The summed E-state index contributed by atoms with van der Waals surface area (Å²) in [4.78, 5) is 24.2. The summed E-state index contributed by atoms with van der Waals surface area (Å²) in [5.74, 6) is -0.346. The molecule has 1 fully saturated rings. The fraction of sp³-hybridized carbons (Fsp3) is 0.276. The number of hydrogen-bond acceptors (Lipinski definition) is 6. The molecular weight excluding hydrogens is 502 g/mol. The monoisotopic (exact) mass is 532 g/mol. The lowest BCUT2D eigenvalue weighted by Gasteiger charge is -2.30. The Hall–Kier alpha value is -4.15. The van der Waals surface area contributed by atoms with Crippen molar-refractivity contribution < 1.29 is 18.3 Å². The van der Waals surface area contributed by atoms with E-state index in [0.717, 1.165) is 42.9 Å². The first kappa shape index (κ1) is 26.5. The topological polar surface area (TPSA) is 98.3 Å². The fourth-order valence-electron chi connectivity index (χ4n) is 4.82. The van der Waals surface area contributed by atoms with Gasteiger partial charge in [0.15, 0.2) is 0 Å². The number of nitrogens with two attached hydrogens (primary N) is 1. The van der Waals surface area contributed by atoms with E-state index < -0.39 is 6.61 Å². The van der Waals surface area contributed by atoms with Crippen LogP contribution in [0.1, 0.15) is 34.6 Å². The predicted molar refractivity (Wildman–Crippen MR) is 145 cm³/mol. The molecule has 39 heavy (non-hydrogen) atoms. The van der Waals surface area contributed by atoms with Gasteiger partial charge in [0.1, 0.15) is 11.4 Å². The maximum absolute atomic E-state index is 13.3. The molecule has 2 aromatic heterocycles. The third-order valence-corrected chi connectivity index (χ3v) is 6.58. The van der Waals surface area contributed by atoms with Gasteiger partial charge in [-0.3, -0.25) is 14.7 Å². The predicted octanol–water partition coefficient (Wildman–Crippen LogP) is 5.02. The number of benzene rings is 2. The first-order valence-corrected chi connectivity index (χ1v) is 12.8. The molecule has 10 heteroatoms. The van der Waals surface area contributed by atoms with Gasteiger partial charge in [-0.2, -0.15) is 8.78 Å². The van der Waals surface area contributed by atoms with Crippen molar-refractivity contribution in [1.29, 1.82) is 0 Å². The van der Waals surface area contributed by atoms with Gasteiger partial charge in [0.25, 0.3) is 5.91 Å². The van der Waals surface area contributed by atoms with Gasteiger partial charge in [0.05, 0.1) is 12.0 Å². The smallest absolute Gasteiger partial charge is 0.387 e. The van der Waals surface area contributed by atoms with Crippen LogP contribution < -0.4 is 15.8 Å². The second kappa shape index (κ2) is 11.7. The second-order valence-electron chi connectivity index (χ2n) is 9.74. The fourth-order valence-corrected chi connectivity index (χ4v) is 4.82. The molecule has 3 heterocycles. The van der Waals surface area contributed by atoms with Crippen LogP contribution in [0.3, 0.4) is 0 Å². The Morgan fingerprint density at radius 2 is 2.00 bits per heavy atom. The number of carbonyl (C=O) groups is 1. The van der Waals surface area contributed by atoms with Crippen LogP contribution in [0.15, 0.2) is 73.3 Å². The zero-order valence-corrected chi connectivity index (χ0v) is 21.6. The van der Waals surface area contributed by atoms with E-state index in [9.17, 15) is 13.6 Å². The number of ether oxygens (including phenoxy) is 1. The number of nitrogens with one attached hydrogen (secondary N) is 1. The van der Waals surface area contributed by atoms with E-state index in [1.54, 1.807) is 30.6 Å². The second-order valence-corrected chi connectivity index (χ2v) is 9.74. The van der Waals surface area contributed by atoms with Gasteiger partial charge in [-0.1, -0.05) is 12.1 Å². The highest BCUT2D eigenvalue weighted by atomic mass is 19.3. The minimum absolute atomic E-state index is 0.0408. The summed E-state index contributed by atoms with van der Waals surface area (Å²) in [6.45, 7) is 1.52. The highest BCUT2D eigenvalue weighted by molar-refractivity contribution is 6.03. The Morgan fingerprint density at radius 3 is 2.77 bits per heavy atom. The van der Waals surface area contributed by atoms with Gasteiger partial charge in [-0.15, -0.1) is 0 Å². The number of aromatic nitrogens is 3. The quantitative estimate of drug-likeness (QED) is 0.331. The highest BCUT2D eigenvalue weighted by Gasteiger charge is 2.18. The molecule has 8 nitrogen and oxygen atoms in total. The van der Waals surface area contributed by atoms with Gasteiger partial charge >= 0.3 is 6.61 Å². The lowest BCUT2D eigenvalue weighted by atomic mass is 10.0. The number of hydrogen-bond donors (Lipinski definition) is 2. The van der Waals surface area contributed by atoms with E-state index in [2.05, 4.69) is 31.0 Å². The molecule has 0 aliphatic carbocycles. The molecule has 3 N–H and O–H groups in total. The molecule has 1 saturated heterocycles. The summed E-state index contributed by atoms with van der Waals surface area (Å²) in [6.07, 6.45) is 7.28. The molecule has 2 aromatic carbocycles. The van der Waals surface area contributed by atoms with Crippen LogP contribution in [0.25, 0.3) is 16.8 Å². The number of nitrogens with zero attached hydrogens (tertiary/aromatic N) is 4. The zero-order chi connectivity index (χ0) is 27.4. The van der Waals surface area contributed by atoms with Crippen LogP contribution in [-0.2, 0) is 6.54 Å². The van der Waals surface area contributed by atoms with Crippen LogP contribution in [0.4, 0.5) is 14.5 Å². The van der Waals surface area contributed by atoms with Crippen molar-refractivity contribution in [2.45, 2.75) is 39.0 Å². The summed E-state index contributed by atoms with van der Waals surface area (Å²) in [6, 6.07) is 15.8. The maximum Gasteiger partial charge on any atom is 0.387 e. The molecule has 1 aliphatic rings. The average Bonchev–Trinajstić information content (AvgIpc) is 3.35. The van der Waals surface area contributed by atoms with E-state index in [0.29, 0.717) is 23.4 Å². The van der Waals surface area contributed by atoms with Crippen molar-refractivity contribution >= 4 is 11.6 Å². The number of rotatable bonds is 8. The maximum atomic E-state index is 13.3. The van der Waals surface area contributed by atoms with Crippen molar-refractivity contribution in [3.05, 3.63) is 90.3 Å². The Balaban J connectivity index is 1.39. The number of carbonyl (C=O) groups excluding carboxylic acids is 1. The third kappa shape index (κ3) is 6.84. The lowest BCUT2D eigenvalue weighted by molar-refractivity contribution is -0.0498. The van der Waals surface area contributed by atoms with Crippen molar-refractivity contribution in [2.24, 2.45) is 5.73 Å². The molecule has 5 rings (SSSR count). The number of alkyl halides is 2. The molecule has 1 aliphatic heterocycles. The molecular formula is C29H30F2N6O2. The lowest BCUT2D eigenvalue weighted by Crippen LogP contribution is -2.42. The van der Waals surface area contributed by atoms with Crippen molar-refractivity contribution in [1.82, 2.24) is 19.4 Å². The largest absolute Gasteiger partial charge is 0.435 e. The molecule has 0 radical (unpaired) electrons. The van der Waals surface area contributed by atoms with Crippen LogP contribution in [0.2, 0.25) is 0 Å². The Bertz CT molecular complexity index is 1460. The zero-order valence-electron chi connectivity index (χ0n) is 21.6. The van der Waals surface area contributed by atoms with Gasteiger partial charge in [-0.05, 0) is 85.5 Å². The van der Waals surface area contributed by atoms with Crippen LogP contribution in [0, 0.1) is 6.92 Å². The first-order valence-electron chi connectivity index (χ1n) is 12.8. The van der Waals surface area contributed by atoms with E-state index >= 15 is 0 Å². The minimum atomic E-state index is -2.92. The van der Waals surface area contributed by atoms with Crippen molar-refractivity contribution in [2.75, 3.05) is 18.4 Å². The first-order chi connectivity index (χ1) is 18.8. The number of amides is 1. The summed E-state index contributed by atoms with van der Waals surface area (Å²) in [7, 11) is 0. The Labute approximate surface area is 225 Å². The van der Waals surface area contributed by atoms with Gasteiger partial charge < -0.3 is 20.4 Å². The molecule has 0 saturated carbocycles. The van der Waals surface area contributed by atoms with E-state index in [1.807, 2.05) is 29.8 Å². The van der Waals surface area contributed by atoms with E-state index in [-0.39, 0.29) is 23.4 Å².